The van der Waals surface area contributed by atoms with E-state index in [-0.39, 0.29) is 12.5 Å². The number of hydrogen-bond donors (Lipinski definition) is 2. The van der Waals surface area contributed by atoms with Gasteiger partial charge in [-0.2, -0.15) is 0 Å². The monoisotopic (exact) mass is 338 g/mol. The second-order valence-corrected chi connectivity index (χ2v) is 7.21. The fraction of sp³-hybridized carbons (Fsp3) is 0.889. The van der Waals surface area contributed by atoms with Gasteiger partial charge in [-0.15, -0.1) is 0 Å². The van der Waals surface area contributed by atoms with Crippen LogP contribution in [-0.2, 0) is 9.53 Å². The number of hydrogen-bond acceptors (Lipinski definition) is 3. The van der Waals surface area contributed by atoms with E-state index in [1.165, 1.54) is 25.7 Å². The number of unbranched alkanes of at least 4 members (excludes halogenated alkanes) is 1. The summed E-state index contributed by atoms with van der Waals surface area (Å²) in [5, 5.41) is 6.97. The van der Waals surface area contributed by atoms with Crippen LogP contribution < -0.4 is 10.6 Å². The van der Waals surface area contributed by atoms with Gasteiger partial charge in [-0.1, -0.05) is 6.42 Å². The van der Waals surface area contributed by atoms with Gasteiger partial charge < -0.3 is 20.3 Å². The Bertz CT molecular complexity index is 425. The van der Waals surface area contributed by atoms with Crippen molar-refractivity contribution in [3.63, 3.8) is 0 Å². The molecule has 2 bridgehead atoms. The van der Waals surface area contributed by atoms with Crippen LogP contribution in [0.2, 0.25) is 0 Å². The standard InChI is InChI=1S/C18H34N4O2/c1-4-24-10-6-5-9-19-18(20-13-17(23)22(2)3)21-16-12-14-7-8-15(16)11-14/h14-16H,4-13H2,1-3H3,(H2,19,20,21). The van der Waals surface area contributed by atoms with Gasteiger partial charge in [0, 0.05) is 39.9 Å². The molecular weight excluding hydrogens is 304 g/mol. The molecule has 0 saturated heterocycles. The van der Waals surface area contributed by atoms with Crippen LogP contribution in [-0.4, -0.2) is 63.2 Å². The number of guanidine groups is 1. The quantitative estimate of drug-likeness (QED) is 0.381. The molecule has 0 spiro atoms. The summed E-state index contributed by atoms with van der Waals surface area (Å²) < 4.78 is 5.36. The van der Waals surface area contributed by atoms with Crippen molar-refractivity contribution in [3.8, 4) is 0 Å². The van der Waals surface area contributed by atoms with Gasteiger partial charge in [-0.25, -0.2) is 4.99 Å². The minimum absolute atomic E-state index is 0.0281. The van der Waals surface area contributed by atoms with E-state index in [1.54, 1.807) is 19.0 Å². The predicted octanol–water partition coefficient (Wildman–Crippen LogP) is 1.62. The van der Waals surface area contributed by atoms with E-state index in [4.69, 9.17) is 4.74 Å². The first-order chi connectivity index (χ1) is 11.6. The molecule has 138 valence electrons. The summed E-state index contributed by atoms with van der Waals surface area (Å²) >= 11 is 0. The third kappa shape index (κ3) is 5.96. The summed E-state index contributed by atoms with van der Waals surface area (Å²) in [4.78, 5) is 17.9. The molecule has 3 unspecified atom stereocenters. The van der Waals surface area contributed by atoms with Gasteiger partial charge in [-0.05, 0) is 50.9 Å². The van der Waals surface area contributed by atoms with Crippen molar-refractivity contribution in [3.05, 3.63) is 0 Å². The number of nitrogens with zero attached hydrogens (tertiary/aromatic N) is 2. The van der Waals surface area contributed by atoms with Gasteiger partial charge in [-0.3, -0.25) is 4.79 Å². The number of aliphatic imine (C=N–C) groups is 1. The van der Waals surface area contributed by atoms with E-state index in [0.29, 0.717) is 6.04 Å². The molecular formula is C18H34N4O2. The maximum Gasteiger partial charge on any atom is 0.243 e. The fourth-order valence-electron chi connectivity index (χ4n) is 3.72. The maximum atomic E-state index is 11.8. The number of carbonyl (C=O) groups excluding carboxylic acids is 1. The van der Waals surface area contributed by atoms with Crippen molar-refractivity contribution in [2.24, 2.45) is 16.8 Å². The summed E-state index contributed by atoms with van der Waals surface area (Å²) in [6, 6.07) is 0.521. The Hall–Kier alpha value is -1.30. The normalized spacial score (nSPS) is 25.8. The molecule has 2 aliphatic rings. The van der Waals surface area contributed by atoms with E-state index >= 15 is 0 Å². The van der Waals surface area contributed by atoms with Crippen LogP contribution in [0, 0.1) is 11.8 Å². The lowest BCUT2D eigenvalue weighted by Crippen LogP contribution is -2.46. The number of fused-ring (bicyclic) bond motifs is 2. The highest BCUT2D eigenvalue weighted by Crippen LogP contribution is 2.44. The highest BCUT2D eigenvalue weighted by molar-refractivity contribution is 5.85. The zero-order chi connectivity index (χ0) is 17.4. The van der Waals surface area contributed by atoms with Gasteiger partial charge in [0.15, 0.2) is 5.96 Å². The van der Waals surface area contributed by atoms with Crippen molar-refractivity contribution in [2.45, 2.75) is 51.5 Å². The molecule has 2 fully saturated rings. The second kappa shape index (κ2) is 9.87. The Morgan fingerprint density at radius 3 is 2.71 bits per heavy atom. The first-order valence-corrected chi connectivity index (χ1v) is 9.43. The van der Waals surface area contributed by atoms with Crippen LogP contribution in [0.25, 0.3) is 0 Å². The molecule has 24 heavy (non-hydrogen) atoms. The number of nitrogens with one attached hydrogen (secondary N) is 2. The topological polar surface area (TPSA) is 66.0 Å². The maximum absolute atomic E-state index is 11.8. The van der Waals surface area contributed by atoms with Crippen molar-refractivity contribution in [1.29, 1.82) is 0 Å². The fourth-order valence-corrected chi connectivity index (χ4v) is 3.72. The summed E-state index contributed by atoms with van der Waals surface area (Å²) in [6.45, 7) is 4.66. The average Bonchev–Trinajstić information content (AvgIpc) is 3.17. The average molecular weight is 338 g/mol. The number of carbonyl (C=O) groups is 1. The lowest BCUT2D eigenvalue weighted by atomic mass is 9.95. The lowest BCUT2D eigenvalue weighted by Gasteiger charge is -2.25. The number of likely N-dealkylation sites (N-methyl/N-ethyl adjacent to an activating group) is 1. The molecule has 2 N–H and O–H groups in total. The van der Waals surface area contributed by atoms with Crippen molar-refractivity contribution < 1.29 is 9.53 Å². The van der Waals surface area contributed by atoms with Gasteiger partial charge in [0.1, 0.15) is 6.54 Å². The van der Waals surface area contributed by atoms with Crippen LogP contribution in [0.4, 0.5) is 0 Å². The molecule has 0 aromatic carbocycles. The zero-order valence-electron chi connectivity index (χ0n) is 15.5. The highest BCUT2D eigenvalue weighted by Gasteiger charge is 2.39. The Balaban J connectivity index is 1.79. The Morgan fingerprint density at radius 2 is 2.08 bits per heavy atom. The molecule has 6 nitrogen and oxygen atoms in total. The summed E-state index contributed by atoms with van der Waals surface area (Å²) in [6.07, 6.45) is 7.41. The van der Waals surface area contributed by atoms with Crippen LogP contribution >= 0.6 is 0 Å². The molecule has 3 atom stereocenters. The molecule has 0 aromatic heterocycles. The Labute approximate surface area is 146 Å². The molecule has 2 aliphatic carbocycles. The number of ether oxygens (including phenoxy) is 1. The van der Waals surface area contributed by atoms with Crippen LogP contribution in [0.15, 0.2) is 4.99 Å². The Kier molecular flexibility index (Phi) is 7.82. The smallest absolute Gasteiger partial charge is 0.243 e. The first kappa shape index (κ1) is 19.0. The van der Waals surface area contributed by atoms with E-state index < -0.39 is 0 Å². The van der Waals surface area contributed by atoms with Gasteiger partial charge >= 0.3 is 0 Å². The zero-order valence-corrected chi connectivity index (χ0v) is 15.5. The second-order valence-electron chi connectivity index (χ2n) is 7.21. The number of rotatable bonds is 9. The van der Waals surface area contributed by atoms with Crippen molar-refractivity contribution in [2.75, 3.05) is 40.4 Å². The Morgan fingerprint density at radius 1 is 1.25 bits per heavy atom. The van der Waals surface area contributed by atoms with E-state index in [9.17, 15) is 4.79 Å². The summed E-state index contributed by atoms with van der Waals surface area (Å²) in [5.41, 5.74) is 0. The number of amides is 1. The van der Waals surface area contributed by atoms with E-state index in [1.807, 2.05) is 6.92 Å². The molecule has 2 rings (SSSR count). The highest BCUT2D eigenvalue weighted by atomic mass is 16.5. The SMILES string of the molecule is CCOCCCCNC(=NCC(=O)N(C)C)NC1CC2CCC1C2. The van der Waals surface area contributed by atoms with Crippen molar-refractivity contribution in [1.82, 2.24) is 15.5 Å². The minimum Gasteiger partial charge on any atom is -0.382 e. The minimum atomic E-state index is 0.0281. The molecule has 2 saturated carbocycles. The van der Waals surface area contributed by atoms with E-state index in [0.717, 1.165) is 50.4 Å². The van der Waals surface area contributed by atoms with Crippen molar-refractivity contribution >= 4 is 11.9 Å². The largest absolute Gasteiger partial charge is 0.382 e. The van der Waals surface area contributed by atoms with Crippen LogP contribution in [0.3, 0.4) is 0 Å². The summed E-state index contributed by atoms with van der Waals surface area (Å²) in [7, 11) is 3.53. The first-order valence-electron chi connectivity index (χ1n) is 9.43. The lowest BCUT2D eigenvalue weighted by molar-refractivity contribution is -0.127. The molecule has 0 radical (unpaired) electrons. The van der Waals surface area contributed by atoms with Crippen LogP contribution in [0.1, 0.15) is 45.4 Å². The third-order valence-corrected chi connectivity index (χ3v) is 5.14. The van der Waals surface area contributed by atoms with Crippen LogP contribution in [0.5, 0.6) is 0 Å². The molecule has 0 heterocycles. The third-order valence-electron chi connectivity index (χ3n) is 5.14. The summed E-state index contributed by atoms with van der Waals surface area (Å²) in [5.74, 6) is 2.49. The molecule has 6 heteroatoms. The van der Waals surface area contributed by atoms with E-state index in [2.05, 4.69) is 15.6 Å². The molecule has 1 amide bonds. The van der Waals surface area contributed by atoms with Gasteiger partial charge in [0.2, 0.25) is 5.91 Å². The van der Waals surface area contributed by atoms with Gasteiger partial charge in [0.05, 0.1) is 0 Å². The predicted molar refractivity (Wildman–Crippen MR) is 97.1 cm³/mol. The molecule has 0 aromatic rings. The molecule has 0 aliphatic heterocycles. The van der Waals surface area contributed by atoms with Gasteiger partial charge in [0.25, 0.3) is 0 Å².